The summed E-state index contributed by atoms with van der Waals surface area (Å²) in [6.45, 7) is 4.23. The second-order valence-electron chi connectivity index (χ2n) is 18.7. The van der Waals surface area contributed by atoms with Crippen LogP contribution in [0.4, 0.5) is 11.4 Å². The lowest BCUT2D eigenvalue weighted by Gasteiger charge is -2.23. The number of amides is 2. The van der Waals surface area contributed by atoms with Gasteiger partial charge in [-0.3, -0.25) is 29.8 Å². The minimum absolute atomic E-state index is 0.00531. The average molecular weight is 987 g/mol. The topological polar surface area (TPSA) is 232 Å². The van der Waals surface area contributed by atoms with E-state index in [9.17, 15) is 39.4 Å². The number of benzene rings is 4. The highest BCUT2D eigenvalue weighted by Gasteiger charge is 2.32. The molecule has 6 aromatic rings. The van der Waals surface area contributed by atoms with Crippen LogP contribution in [-0.4, -0.2) is 81.1 Å². The fourth-order valence-corrected chi connectivity index (χ4v) is 9.53. The normalized spacial score (nSPS) is 17.9. The lowest BCUT2D eigenvalue weighted by Crippen LogP contribution is -2.39. The zero-order chi connectivity index (χ0) is 51.2. The van der Waals surface area contributed by atoms with Crippen molar-refractivity contribution in [3.05, 3.63) is 162 Å². The molecule has 1 saturated heterocycles. The number of hydrogen-bond donors (Lipinski definition) is 2. The van der Waals surface area contributed by atoms with Crippen molar-refractivity contribution in [1.29, 1.82) is 0 Å². The van der Waals surface area contributed by atoms with Crippen molar-refractivity contribution in [2.24, 2.45) is 0 Å². The fourth-order valence-electron chi connectivity index (χ4n) is 9.53. The predicted molar refractivity (Wildman–Crippen MR) is 274 cm³/mol. The molecule has 17 heteroatoms. The zero-order valence-corrected chi connectivity index (χ0v) is 40.5. The first-order valence-corrected chi connectivity index (χ1v) is 24.7. The van der Waals surface area contributed by atoms with E-state index < -0.39 is 34.0 Å². The molecule has 2 fully saturated rings. The highest BCUT2D eigenvalue weighted by Crippen LogP contribution is 2.39. The number of pyridine rings is 2. The molecule has 0 bridgehead atoms. The molecule has 2 aromatic heterocycles. The Balaban J connectivity index is 0.000000180. The number of para-hydroxylation sites is 2. The third kappa shape index (κ3) is 11.6. The molecular formula is C56H54N6O11. The summed E-state index contributed by atoms with van der Waals surface area (Å²) in [5.41, 5.74) is 8.30. The van der Waals surface area contributed by atoms with E-state index in [0.29, 0.717) is 81.4 Å². The van der Waals surface area contributed by atoms with E-state index in [1.54, 1.807) is 32.0 Å². The molecule has 3 heterocycles. The zero-order valence-electron chi connectivity index (χ0n) is 40.5. The van der Waals surface area contributed by atoms with E-state index >= 15 is 0 Å². The van der Waals surface area contributed by atoms with Crippen molar-refractivity contribution in [2.45, 2.75) is 102 Å². The van der Waals surface area contributed by atoms with Gasteiger partial charge in [-0.25, -0.2) is 19.6 Å². The van der Waals surface area contributed by atoms with Gasteiger partial charge in [0.1, 0.15) is 0 Å². The number of allylic oxidation sites excluding steroid dienone is 2. The van der Waals surface area contributed by atoms with Crippen molar-refractivity contribution in [1.82, 2.24) is 20.6 Å². The van der Waals surface area contributed by atoms with Crippen molar-refractivity contribution in [3.63, 3.8) is 0 Å². The van der Waals surface area contributed by atoms with E-state index in [0.717, 1.165) is 73.6 Å². The Kier molecular flexibility index (Phi) is 15.1. The first-order valence-electron chi connectivity index (χ1n) is 24.7. The second kappa shape index (κ2) is 22.1. The van der Waals surface area contributed by atoms with Crippen LogP contribution in [0, 0.1) is 20.2 Å². The molecule has 4 aromatic carbocycles. The molecule has 3 unspecified atom stereocenters. The van der Waals surface area contributed by atoms with Crippen LogP contribution in [0.1, 0.15) is 120 Å². The Morgan fingerprint density at radius 3 is 1.62 bits per heavy atom. The summed E-state index contributed by atoms with van der Waals surface area (Å²) < 4.78 is 16.8. The number of carbonyl (C=O) groups is 4. The number of carbonyl (C=O) groups excluding carboxylic acids is 4. The summed E-state index contributed by atoms with van der Waals surface area (Å²) in [6, 6.07) is 27.8. The van der Waals surface area contributed by atoms with Crippen LogP contribution < -0.4 is 10.6 Å². The van der Waals surface area contributed by atoms with Gasteiger partial charge in [0.05, 0.1) is 49.5 Å². The summed E-state index contributed by atoms with van der Waals surface area (Å²) in [4.78, 5) is 83.3. The Morgan fingerprint density at radius 1 is 0.658 bits per heavy atom. The number of nitro groups is 2. The maximum Gasteiger partial charge on any atom is 0.339 e. The lowest BCUT2D eigenvalue weighted by molar-refractivity contribution is -0.385. The highest BCUT2D eigenvalue weighted by atomic mass is 16.6. The molecule has 17 nitrogen and oxygen atoms in total. The summed E-state index contributed by atoms with van der Waals surface area (Å²) >= 11 is 0. The molecule has 10 rings (SSSR count). The standard InChI is InChI=1S/C29H29N3O6.C27H25N3O5/c1-18(28(33)30-17-22-10-6-14-37-22)38-29(34)26-23-11-2-3-13-25(23)31-27-20(8-5-12-24(26)27)15-19-7-4-9-21(16-19)32(35)36;1-16(26(31)28-19-12-13-19)35-27(32)24-21-9-2-3-11-23(21)29-25-18(7-5-10-22(24)25)14-17-6-4-8-20(15-17)30(33)34/h2-4,7,9,11,13,15-16,18,22H,5-6,8,10,12,14,17H2,1H3,(H,30,33);2-4,6,8-9,11,14-16,19H,5,7,10,12-13H2,1H3,(H,28,31)/b20-15+;18-14+. The third-order valence-electron chi connectivity index (χ3n) is 13.4. The molecule has 0 radical (unpaired) electrons. The largest absolute Gasteiger partial charge is 0.449 e. The number of ether oxygens (including phenoxy) is 3. The van der Waals surface area contributed by atoms with Crippen LogP contribution in [0.15, 0.2) is 97.1 Å². The van der Waals surface area contributed by atoms with Crippen LogP contribution in [0.5, 0.6) is 0 Å². The quantitative estimate of drug-likeness (QED) is 0.0624. The van der Waals surface area contributed by atoms with E-state index in [1.807, 2.05) is 66.7 Å². The predicted octanol–water partition coefficient (Wildman–Crippen LogP) is 9.70. The van der Waals surface area contributed by atoms with Crippen LogP contribution >= 0.6 is 0 Å². The van der Waals surface area contributed by atoms with Gasteiger partial charge in [0.2, 0.25) is 0 Å². The summed E-state index contributed by atoms with van der Waals surface area (Å²) in [7, 11) is 0. The van der Waals surface area contributed by atoms with Gasteiger partial charge in [-0.05, 0) is 136 Å². The maximum absolute atomic E-state index is 13.5. The van der Waals surface area contributed by atoms with Crippen molar-refractivity contribution < 1.29 is 43.2 Å². The molecule has 1 saturated carbocycles. The number of nitrogens with one attached hydrogen (secondary N) is 2. The van der Waals surface area contributed by atoms with Crippen molar-refractivity contribution in [3.8, 4) is 0 Å². The van der Waals surface area contributed by atoms with Crippen LogP contribution in [0.25, 0.3) is 45.1 Å². The number of aromatic nitrogens is 2. The molecular weight excluding hydrogens is 933 g/mol. The van der Waals surface area contributed by atoms with Gasteiger partial charge in [-0.2, -0.15) is 0 Å². The SMILES string of the molecule is CC(OC(=O)c1c2c(nc3ccccc13)/C(=C/c1cccc([N+](=O)[O-])c1)CCC2)C(=O)NC1CC1.CC(OC(=O)c1c2c(nc3ccccc13)/C(=C/c1cccc([N+](=O)[O-])c1)CCC2)C(=O)NCC1CCCO1. The smallest absolute Gasteiger partial charge is 0.339 e. The molecule has 1 aliphatic heterocycles. The van der Waals surface area contributed by atoms with Gasteiger partial charge in [0.25, 0.3) is 23.2 Å². The van der Waals surface area contributed by atoms with E-state index in [1.165, 1.54) is 24.3 Å². The van der Waals surface area contributed by atoms with Crippen molar-refractivity contribution >= 4 is 80.2 Å². The molecule has 4 aliphatic rings. The first kappa shape index (κ1) is 49.8. The van der Waals surface area contributed by atoms with E-state index in [-0.39, 0.29) is 35.3 Å². The fraction of sp³-hybridized carbons (Fsp3) is 0.321. The summed E-state index contributed by atoms with van der Waals surface area (Å²) in [5.74, 6) is -1.78. The van der Waals surface area contributed by atoms with Crippen molar-refractivity contribution in [2.75, 3.05) is 13.2 Å². The molecule has 2 amide bonds. The van der Waals surface area contributed by atoms with Gasteiger partial charge in [-0.1, -0.05) is 60.7 Å². The van der Waals surface area contributed by atoms with E-state index in [2.05, 4.69) is 10.6 Å². The molecule has 374 valence electrons. The highest BCUT2D eigenvalue weighted by molar-refractivity contribution is 6.08. The minimum atomic E-state index is -0.977. The number of esters is 2. The second-order valence-corrected chi connectivity index (χ2v) is 18.7. The summed E-state index contributed by atoms with van der Waals surface area (Å²) in [5, 5.41) is 29.5. The van der Waals surface area contributed by atoms with Gasteiger partial charge in [0, 0.05) is 54.2 Å². The Morgan fingerprint density at radius 2 is 1.15 bits per heavy atom. The van der Waals surface area contributed by atoms with Crippen LogP contribution in [0.2, 0.25) is 0 Å². The molecule has 2 N–H and O–H groups in total. The molecule has 0 spiro atoms. The van der Waals surface area contributed by atoms with Gasteiger partial charge < -0.3 is 24.8 Å². The van der Waals surface area contributed by atoms with Gasteiger partial charge in [0.15, 0.2) is 12.2 Å². The van der Waals surface area contributed by atoms with E-state index in [4.69, 9.17) is 24.2 Å². The lowest BCUT2D eigenvalue weighted by atomic mass is 9.86. The third-order valence-corrected chi connectivity index (χ3v) is 13.4. The van der Waals surface area contributed by atoms with Gasteiger partial charge in [-0.15, -0.1) is 0 Å². The summed E-state index contributed by atoms with van der Waals surface area (Å²) in [6.07, 6.45) is 9.98. The number of nitro benzene ring substituents is 2. The number of hydrogen-bond acceptors (Lipinski definition) is 13. The molecule has 3 atom stereocenters. The number of non-ortho nitro benzene ring substituents is 2. The molecule has 73 heavy (non-hydrogen) atoms. The monoisotopic (exact) mass is 986 g/mol. The Labute approximate surface area is 420 Å². The number of fused-ring (bicyclic) bond motifs is 4. The number of nitrogens with zero attached hydrogens (tertiary/aromatic N) is 4. The Bertz CT molecular complexity index is 3230. The maximum atomic E-state index is 13.5. The number of rotatable bonds is 13. The van der Waals surface area contributed by atoms with Crippen LogP contribution in [0.3, 0.4) is 0 Å². The molecule has 3 aliphatic carbocycles. The average Bonchev–Trinajstić information content (AvgIpc) is 4.05. The van der Waals surface area contributed by atoms with Crippen LogP contribution in [-0.2, 0) is 36.6 Å². The first-order chi connectivity index (χ1) is 35.3. The Hall–Kier alpha value is -8.18. The minimum Gasteiger partial charge on any atom is -0.449 e. The van der Waals surface area contributed by atoms with Gasteiger partial charge >= 0.3 is 11.9 Å².